The second-order valence-electron chi connectivity index (χ2n) is 7.62. The Morgan fingerprint density at radius 1 is 1.03 bits per heavy atom. The molecule has 1 saturated heterocycles. The topological polar surface area (TPSA) is 80.6 Å². The van der Waals surface area contributed by atoms with Crippen LogP contribution in [0.1, 0.15) is 21.7 Å². The first-order chi connectivity index (χ1) is 15.5. The summed E-state index contributed by atoms with van der Waals surface area (Å²) in [6.45, 7) is 3.67. The van der Waals surface area contributed by atoms with E-state index in [2.05, 4.69) is 10.3 Å². The highest BCUT2D eigenvalue weighted by Crippen LogP contribution is 2.19. The molecule has 0 N–H and O–H groups in total. The first kappa shape index (κ1) is 21.8. The maximum Gasteiger partial charge on any atom is 0.276 e. The highest BCUT2D eigenvalue weighted by atomic mass is 35.5. The number of hydrogen-bond acceptors (Lipinski definition) is 5. The van der Waals surface area contributed by atoms with E-state index in [9.17, 15) is 9.59 Å². The normalized spacial score (nSPS) is 13.8. The molecule has 0 saturated carbocycles. The van der Waals surface area contributed by atoms with Crippen LogP contribution in [-0.2, 0) is 11.2 Å². The molecule has 3 aromatic rings. The van der Waals surface area contributed by atoms with Gasteiger partial charge < -0.3 is 14.5 Å². The second-order valence-corrected chi connectivity index (χ2v) is 8.05. The standard InChI is InChI=1S/C23H24ClN5O3/c1-16-22(25-26-29(16)19-7-4-6-18(24)15-19)23(31)28-11-9-27(10-12-28)21(30)14-17-5-3-8-20(13-17)32-2/h3-8,13,15H,9-12,14H2,1-2H3. The molecule has 0 aliphatic carbocycles. The lowest BCUT2D eigenvalue weighted by Gasteiger charge is -2.34. The van der Waals surface area contributed by atoms with Gasteiger partial charge in [0.15, 0.2) is 5.69 Å². The molecule has 0 spiro atoms. The van der Waals surface area contributed by atoms with E-state index in [0.717, 1.165) is 17.0 Å². The molecule has 8 nitrogen and oxygen atoms in total. The number of carbonyl (C=O) groups excluding carboxylic acids is 2. The number of amides is 2. The first-order valence-electron chi connectivity index (χ1n) is 10.3. The van der Waals surface area contributed by atoms with Crippen LogP contribution in [0.25, 0.3) is 5.69 Å². The number of nitrogens with zero attached hydrogens (tertiary/aromatic N) is 5. The van der Waals surface area contributed by atoms with Crippen LogP contribution >= 0.6 is 11.6 Å². The van der Waals surface area contributed by atoms with Gasteiger partial charge in [-0.15, -0.1) is 5.10 Å². The number of aromatic nitrogens is 3. The van der Waals surface area contributed by atoms with Crippen LogP contribution in [0.2, 0.25) is 5.02 Å². The fourth-order valence-electron chi connectivity index (χ4n) is 3.76. The highest BCUT2D eigenvalue weighted by molar-refractivity contribution is 6.30. The zero-order valence-corrected chi connectivity index (χ0v) is 18.7. The second kappa shape index (κ2) is 9.40. The SMILES string of the molecule is COc1cccc(CC(=O)N2CCN(C(=O)c3nnn(-c4cccc(Cl)c4)c3C)CC2)c1. The number of piperazine rings is 1. The fourth-order valence-corrected chi connectivity index (χ4v) is 3.94. The zero-order valence-electron chi connectivity index (χ0n) is 18.0. The zero-order chi connectivity index (χ0) is 22.7. The predicted molar refractivity (Wildman–Crippen MR) is 120 cm³/mol. The average Bonchev–Trinajstić information content (AvgIpc) is 3.20. The van der Waals surface area contributed by atoms with Gasteiger partial charge in [0.05, 0.1) is 24.9 Å². The number of halogens is 1. The Labute approximate surface area is 191 Å². The van der Waals surface area contributed by atoms with Gasteiger partial charge in [0.25, 0.3) is 5.91 Å². The van der Waals surface area contributed by atoms with Gasteiger partial charge in [-0.1, -0.05) is 35.0 Å². The number of benzene rings is 2. The Balaban J connectivity index is 1.38. The summed E-state index contributed by atoms with van der Waals surface area (Å²) < 4.78 is 6.83. The van der Waals surface area contributed by atoms with Gasteiger partial charge in [-0.2, -0.15) is 0 Å². The van der Waals surface area contributed by atoms with Crippen molar-refractivity contribution in [2.24, 2.45) is 0 Å². The molecule has 0 unspecified atom stereocenters. The quantitative estimate of drug-likeness (QED) is 0.593. The summed E-state index contributed by atoms with van der Waals surface area (Å²) in [5.41, 5.74) is 2.60. The minimum Gasteiger partial charge on any atom is -0.497 e. The molecule has 2 heterocycles. The lowest BCUT2D eigenvalue weighted by Crippen LogP contribution is -2.51. The van der Waals surface area contributed by atoms with Crippen molar-refractivity contribution in [2.45, 2.75) is 13.3 Å². The molecule has 1 aliphatic rings. The first-order valence-corrected chi connectivity index (χ1v) is 10.7. The van der Waals surface area contributed by atoms with Crippen LogP contribution in [0.4, 0.5) is 0 Å². The van der Waals surface area contributed by atoms with Gasteiger partial charge in [-0.3, -0.25) is 9.59 Å². The van der Waals surface area contributed by atoms with Gasteiger partial charge in [0.1, 0.15) is 5.75 Å². The molecular formula is C23H24ClN5O3. The largest absolute Gasteiger partial charge is 0.497 e. The van der Waals surface area contributed by atoms with Crippen LogP contribution in [0, 0.1) is 6.92 Å². The summed E-state index contributed by atoms with van der Waals surface area (Å²) in [7, 11) is 1.60. The van der Waals surface area contributed by atoms with Gasteiger partial charge >= 0.3 is 0 Å². The van der Waals surface area contributed by atoms with Crippen LogP contribution in [-0.4, -0.2) is 69.9 Å². The lowest BCUT2D eigenvalue weighted by molar-refractivity contribution is -0.131. The molecule has 0 radical (unpaired) electrons. The third-order valence-corrected chi connectivity index (χ3v) is 5.79. The van der Waals surface area contributed by atoms with Crippen molar-refractivity contribution < 1.29 is 14.3 Å². The molecule has 0 bridgehead atoms. The summed E-state index contributed by atoms with van der Waals surface area (Å²) in [5, 5.41) is 8.83. The Hall–Kier alpha value is -3.39. The smallest absolute Gasteiger partial charge is 0.276 e. The van der Waals surface area contributed by atoms with E-state index in [-0.39, 0.29) is 11.8 Å². The van der Waals surface area contributed by atoms with E-state index < -0.39 is 0 Å². The molecule has 2 aromatic carbocycles. The number of methoxy groups -OCH3 is 1. The molecule has 9 heteroatoms. The number of ether oxygens (including phenoxy) is 1. The summed E-state index contributed by atoms with van der Waals surface area (Å²) in [6, 6.07) is 14.7. The summed E-state index contributed by atoms with van der Waals surface area (Å²) in [5.74, 6) is 0.580. The third kappa shape index (κ3) is 4.60. The van der Waals surface area contributed by atoms with Gasteiger partial charge in [-0.25, -0.2) is 4.68 Å². The van der Waals surface area contributed by atoms with Crippen molar-refractivity contribution in [3.63, 3.8) is 0 Å². The molecular weight excluding hydrogens is 430 g/mol. The molecule has 1 aliphatic heterocycles. The molecule has 0 atom stereocenters. The summed E-state index contributed by atoms with van der Waals surface area (Å²) >= 11 is 6.07. The Morgan fingerprint density at radius 2 is 1.75 bits per heavy atom. The summed E-state index contributed by atoms with van der Waals surface area (Å²) in [6.07, 6.45) is 0.304. The minimum atomic E-state index is -0.185. The van der Waals surface area contributed by atoms with E-state index >= 15 is 0 Å². The van der Waals surface area contributed by atoms with Crippen molar-refractivity contribution in [1.82, 2.24) is 24.8 Å². The molecule has 4 rings (SSSR count). The van der Waals surface area contributed by atoms with Crippen LogP contribution in [0.3, 0.4) is 0 Å². The van der Waals surface area contributed by atoms with Crippen molar-refractivity contribution in [2.75, 3.05) is 33.3 Å². The van der Waals surface area contributed by atoms with E-state index in [0.29, 0.717) is 49.0 Å². The van der Waals surface area contributed by atoms with E-state index in [1.54, 1.807) is 33.7 Å². The van der Waals surface area contributed by atoms with Crippen LogP contribution in [0.5, 0.6) is 5.75 Å². The fraction of sp³-hybridized carbons (Fsp3) is 0.304. The van der Waals surface area contributed by atoms with Crippen molar-refractivity contribution in [1.29, 1.82) is 0 Å². The van der Waals surface area contributed by atoms with Crippen molar-refractivity contribution in [3.05, 3.63) is 70.5 Å². The molecule has 1 aromatic heterocycles. The Bertz CT molecular complexity index is 1140. The molecule has 1 fully saturated rings. The van der Waals surface area contributed by atoms with Crippen molar-refractivity contribution in [3.8, 4) is 11.4 Å². The minimum absolute atomic E-state index is 0.0356. The lowest BCUT2D eigenvalue weighted by atomic mass is 10.1. The van der Waals surface area contributed by atoms with Crippen LogP contribution in [0.15, 0.2) is 48.5 Å². The third-order valence-electron chi connectivity index (χ3n) is 5.56. The number of rotatable bonds is 5. The monoisotopic (exact) mass is 453 g/mol. The molecule has 2 amide bonds. The van der Waals surface area contributed by atoms with E-state index in [4.69, 9.17) is 16.3 Å². The van der Waals surface area contributed by atoms with Gasteiger partial charge in [0, 0.05) is 31.2 Å². The van der Waals surface area contributed by atoms with Gasteiger partial charge in [-0.05, 0) is 42.8 Å². The van der Waals surface area contributed by atoms with E-state index in [1.165, 1.54) is 0 Å². The Kier molecular flexibility index (Phi) is 6.41. The predicted octanol–water partition coefficient (Wildman–Crippen LogP) is 2.76. The maximum atomic E-state index is 13.0. The maximum absolute atomic E-state index is 13.0. The summed E-state index contributed by atoms with van der Waals surface area (Å²) in [4.78, 5) is 29.2. The number of hydrogen-bond donors (Lipinski definition) is 0. The van der Waals surface area contributed by atoms with Crippen molar-refractivity contribution >= 4 is 23.4 Å². The van der Waals surface area contributed by atoms with Crippen LogP contribution < -0.4 is 4.74 Å². The molecule has 32 heavy (non-hydrogen) atoms. The molecule has 166 valence electrons. The van der Waals surface area contributed by atoms with Gasteiger partial charge in [0.2, 0.25) is 5.91 Å². The number of carbonyl (C=O) groups is 2. The van der Waals surface area contributed by atoms with E-state index in [1.807, 2.05) is 43.3 Å². The average molecular weight is 454 g/mol. The highest BCUT2D eigenvalue weighted by Gasteiger charge is 2.28. The Morgan fingerprint density at radius 3 is 2.47 bits per heavy atom.